The number of carbonyl (C=O) groups is 2. The van der Waals surface area contributed by atoms with Crippen LogP contribution in [0.15, 0.2) is 0 Å². The second kappa shape index (κ2) is 4.65. The molecule has 0 aliphatic rings. The highest BCUT2D eigenvalue weighted by molar-refractivity contribution is 7.70. The molecule has 0 aromatic carbocycles. The maximum absolute atomic E-state index is 11.2. The Morgan fingerprint density at radius 2 is 2.00 bits per heavy atom. The molecule has 0 aliphatic carbocycles. The Labute approximate surface area is 73.6 Å². The van der Waals surface area contributed by atoms with Crippen LogP contribution < -0.4 is 0 Å². The van der Waals surface area contributed by atoms with Crippen LogP contribution in [0, 0.1) is 0 Å². The molecular formula is C7H15NO3P+. The Morgan fingerprint density at radius 3 is 2.33 bits per heavy atom. The molecular weight excluding hydrogens is 177 g/mol. The highest BCUT2D eigenvalue weighted by Crippen LogP contribution is 2.29. The van der Waals surface area contributed by atoms with Gasteiger partial charge in [-0.25, -0.2) is 0 Å². The molecule has 1 atom stereocenters. The molecule has 1 unspecified atom stereocenters. The lowest BCUT2D eigenvalue weighted by Gasteiger charge is -2.23. The van der Waals surface area contributed by atoms with Crippen LogP contribution in [0.4, 0.5) is 0 Å². The Kier molecular flexibility index (Phi) is 4.53. The van der Waals surface area contributed by atoms with Gasteiger partial charge in [0.25, 0.3) is 0 Å². The van der Waals surface area contributed by atoms with Crippen molar-refractivity contribution in [2.75, 3.05) is 33.8 Å². The molecule has 0 saturated heterocycles. The minimum atomic E-state index is -1.73. The van der Waals surface area contributed by atoms with Gasteiger partial charge in [0, 0.05) is 0 Å². The summed E-state index contributed by atoms with van der Waals surface area (Å²) in [5, 5.41) is 0. The fraction of sp³-hybridized carbons (Fsp3) is 0.714. The quantitative estimate of drug-likeness (QED) is 0.373. The first-order chi connectivity index (χ1) is 5.37. The summed E-state index contributed by atoms with van der Waals surface area (Å²) in [6, 6.07) is 0. The van der Waals surface area contributed by atoms with Crippen molar-refractivity contribution in [1.82, 2.24) is 0 Å². The Bertz CT molecular complexity index is 176. The molecule has 1 N–H and O–H groups in total. The van der Waals surface area contributed by atoms with Gasteiger partial charge in [-0.05, 0) is 0 Å². The number of carbonyl (C=O) groups excluding carboxylic acids is 2. The maximum Gasteiger partial charge on any atom is 0.235 e. The lowest BCUT2D eigenvalue weighted by Crippen LogP contribution is -2.39. The van der Waals surface area contributed by atoms with Crippen molar-refractivity contribution < 1.29 is 19.0 Å². The number of quaternary nitrogens is 1. The van der Waals surface area contributed by atoms with Crippen molar-refractivity contribution in [3.63, 3.8) is 0 Å². The molecule has 0 rings (SSSR count). The van der Waals surface area contributed by atoms with Gasteiger partial charge >= 0.3 is 0 Å². The van der Waals surface area contributed by atoms with Gasteiger partial charge in [-0.1, -0.05) is 0 Å². The van der Waals surface area contributed by atoms with Crippen LogP contribution in [-0.2, 0) is 9.59 Å². The molecule has 0 aromatic heterocycles. The van der Waals surface area contributed by atoms with E-state index in [0.717, 1.165) is 0 Å². The SMILES string of the molecule is C[N+](C)(C)CC(=O)P(O)CC=O. The highest BCUT2D eigenvalue weighted by Gasteiger charge is 2.21. The van der Waals surface area contributed by atoms with Crippen molar-refractivity contribution in [2.24, 2.45) is 0 Å². The Balaban J connectivity index is 3.95. The Morgan fingerprint density at radius 1 is 1.50 bits per heavy atom. The third-order valence-electron chi connectivity index (χ3n) is 1.14. The first-order valence-corrected chi connectivity index (χ1v) is 5.08. The van der Waals surface area contributed by atoms with E-state index in [1.807, 2.05) is 21.1 Å². The summed E-state index contributed by atoms with van der Waals surface area (Å²) < 4.78 is 0.483. The average Bonchev–Trinajstić information content (AvgIpc) is 1.84. The van der Waals surface area contributed by atoms with Gasteiger partial charge in [0.15, 0.2) is 0 Å². The van der Waals surface area contributed by atoms with E-state index >= 15 is 0 Å². The number of hydrogen-bond donors (Lipinski definition) is 1. The molecule has 0 bridgehead atoms. The van der Waals surface area contributed by atoms with Crippen LogP contribution in [0.2, 0.25) is 0 Å². The van der Waals surface area contributed by atoms with Gasteiger partial charge in [0.05, 0.1) is 27.3 Å². The lowest BCUT2D eigenvalue weighted by atomic mass is 10.5. The van der Waals surface area contributed by atoms with E-state index in [2.05, 4.69) is 0 Å². The molecule has 0 heterocycles. The highest BCUT2D eigenvalue weighted by atomic mass is 31.1. The zero-order valence-corrected chi connectivity index (χ0v) is 8.54. The first-order valence-electron chi connectivity index (χ1n) is 3.60. The molecule has 0 saturated carbocycles. The van der Waals surface area contributed by atoms with Gasteiger partial charge in [-0.3, -0.25) is 4.79 Å². The normalized spacial score (nSPS) is 14.0. The van der Waals surface area contributed by atoms with Crippen molar-refractivity contribution in [3.8, 4) is 0 Å². The first kappa shape index (κ1) is 11.7. The summed E-state index contributed by atoms with van der Waals surface area (Å²) in [7, 11) is 3.86. The fourth-order valence-corrected chi connectivity index (χ4v) is 1.59. The van der Waals surface area contributed by atoms with E-state index in [1.54, 1.807) is 0 Å². The summed E-state index contributed by atoms with van der Waals surface area (Å²) in [5.74, 6) is 0. The van der Waals surface area contributed by atoms with Crippen LogP contribution in [0.1, 0.15) is 0 Å². The monoisotopic (exact) mass is 192 g/mol. The molecule has 12 heavy (non-hydrogen) atoms. The summed E-state index contributed by atoms with van der Waals surface area (Å²) in [6.07, 6.45) is 0.549. The second-order valence-electron chi connectivity index (χ2n) is 3.59. The van der Waals surface area contributed by atoms with E-state index < -0.39 is 8.15 Å². The van der Waals surface area contributed by atoms with Crippen molar-refractivity contribution >= 4 is 20.0 Å². The van der Waals surface area contributed by atoms with Crippen LogP contribution in [-0.4, -0.2) is 55.0 Å². The number of hydrogen-bond acceptors (Lipinski definition) is 3. The standard InChI is InChI=1S/C7H15NO3P/c1-8(2,3)6-7(10)12(11)5-4-9/h4,11H,5-6H2,1-3H3/q+1. The summed E-state index contributed by atoms with van der Waals surface area (Å²) >= 11 is 0. The molecule has 0 aromatic rings. The molecule has 70 valence electrons. The summed E-state index contributed by atoms with van der Waals surface area (Å²) in [4.78, 5) is 30.3. The molecule has 0 radical (unpaired) electrons. The van der Waals surface area contributed by atoms with E-state index in [4.69, 9.17) is 4.89 Å². The fourth-order valence-electron chi connectivity index (χ4n) is 0.660. The Hall–Kier alpha value is -0.310. The molecule has 5 heteroatoms. The zero-order valence-electron chi connectivity index (χ0n) is 7.65. The minimum Gasteiger partial charge on any atom is -0.366 e. The van der Waals surface area contributed by atoms with Gasteiger partial charge in [-0.2, -0.15) is 0 Å². The van der Waals surface area contributed by atoms with E-state index in [0.29, 0.717) is 10.8 Å². The lowest BCUT2D eigenvalue weighted by molar-refractivity contribution is -0.861. The number of rotatable bonds is 5. The molecule has 0 spiro atoms. The largest absolute Gasteiger partial charge is 0.366 e. The van der Waals surface area contributed by atoms with E-state index in [9.17, 15) is 9.59 Å². The van der Waals surface area contributed by atoms with Crippen LogP contribution >= 0.6 is 8.15 Å². The molecule has 0 aliphatic heterocycles. The van der Waals surface area contributed by atoms with Gasteiger partial charge < -0.3 is 14.2 Å². The zero-order chi connectivity index (χ0) is 9.78. The van der Waals surface area contributed by atoms with E-state index in [-0.39, 0.29) is 18.2 Å². The summed E-state index contributed by atoms with van der Waals surface area (Å²) in [6.45, 7) is 0.274. The van der Waals surface area contributed by atoms with Crippen molar-refractivity contribution in [2.45, 2.75) is 0 Å². The topological polar surface area (TPSA) is 54.4 Å². The summed E-state index contributed by atoms with van der Waals surface area (Å²) in [5.41, 5.74) is -0.218. The van der Waals surface area contributed by atoms with Gasteiger partial charge in [0.2, 0.25) is 5.52 Å². The van der Waals surface area contributed by atoms with Crippen LogP contribution in [0.25, 0.3) is 0 Å². The molecule has 4 nitrogen and oxygen atoms in total. The van der Waals surface area contributed by atoms with Gasteiger partial charge in [0.1, 0.15) is 21.0 Å². The predicted octanol–water partition coefficient (Wildman–Crippen LogP) is -0.193. The number of aldehydes is 1. The third-order valence-corrected chi connectivity index (χ3v) is 2.36. The maximum atomic E-state index is 11.2. The molecule has 0 amide bonds. The average molecular weight is 192 g/mol. The van der Waals surface area contributed by atoms with E-state index in [1.165, 1.54) is 0 Å². The smallest absolute Gasteiger partial charge is 0.235 e. The minimum absolute atomic E-state index is 0.0336. The second-order valence-corrected chi connectivity index (χ2v) is 5.25. The third kappa shape index (κ3) is 5.35. The van der Waals surface area contributed by atoms with Crippen LogP contribution in [0.3, 0.4) is 0 Å². The molecule has 0 fully saturated rings. The number of nitrogens with zero attached hydrogens (tertiary/aromatic N) is 1. The predicted molar refractivity (Wildman–Crippen MR) is 48.0 cm³/mol. The number of likely N-dealkylation sites (N-methyl/N-ethyl adjacent to an activating group) is 1. The van der Waals surface area contributed by atoms with Crippen LogP contribution in [0.5, 0.6) is 0 Å². The van der Waals surface area contributed by atoms with Crippen molar-refractivity contribution in [1.29, 1.82) is 0 Å². The van der Waals surface area contributed by atoms with Crippen molar-refractivity contribution in [3.05, 3.63) is 0 Å². The van der Waals surface area contributed by atoms with Gasteiger partial charge in [-0.15, -0.1) is 0 Å².